The molecule has 3 N–H and O–H groups in total. The van der Waals surface area contributed by atoms with Crippen molar-refractivity contribution in [3.05, 3.63) is 107 Å². The average molecular weight is 571 g/mol. The second-order valence-electron chi connectivity index (χ2n) is 9.73. The number of rotatable bonds is 6. The van der Waals surface area contributed by atoms with Crippen LogP contribution >= 0.6 is 0 Å². The van der Waals surface area contributed by atoms with Crippen molar-refractivity contribution >= 4 is 6.03 Å². The molecular formula is C28H25F7N2O3. The highest BCUT2D eigenvalue weighted by Gasteiger charge is 2.71. The van der Waals surface area contributed by atoms with Crippen molar-refractivity contribution in [3.8, 4) is 0 Å². The lowest BCUT2D eigenvalue weighted by Crippen LogP contribution is -2.53. The second-order valence-corrected chi connectivity index (χ2v) is 9.73. The van der Waals surface area contributed by atoms with Crippen LogP contribution in [0.3, 0.4) is 0 Å². The number of hydrogen-bond acceptors (Lipinski definition) is 3. The molecule has 0 radical (unpaired) electrons. The molecule has 0 aliphatic carbocycles. The smallest absolute Gasteiger partial charge is 0.395 e. The molecule has 2 atom stereocenters. The number of aliphatic hydroxyl groups excluding tert-OH is 1. The first-order chi connectivity index (χ1) is 18.7. The van der Waals surface area contributed by atoms with Gasteiger partial charge < -0.3 is 20.4 Å². The van der Waals surface area contributed by atoms with Crippen LogP contribution in [0.5, 0.6) is 0 Å². The lowest BCUT2D eigenvalue weighted by Gasteiger charge is -2.35. The number of hydrogen-bond donors (Lipinski definition) is 3. The molecule has 0 bridgehead atoms. The minimum atomic E-state index is -6.04. The van der Waals surface area contributed by atoms with E-state index in [2.05, 4.69) is 5.32 Å². The summed E-state index contributed by atoms with van der Waals surface area (Å²) in [4.78, 5) is 14.5. The normalized spacial score (nSPS) is 20.0. The molecule has 4 rings (SSSR count). The lowest BCUT2D eigenvalue weighted by atomic mass is 9.70. The highest BCUT2D eigenvalue weighted by molar-refractivity contribution is 5.75. The molecule has 40 heavy (non-hydrogen) atoms. The number of nitrogens with one attached hydrogen (secondary N) is 1. The Morgan fingerprint density at radius 2 is 1.48 bits per heavy atom. The molecule has 1 fully saturated rings. The van der Waals surface area contributed by atoms with Crippen molar-refractivity contribution in [2.45, 2.75) is 35.8 Å². The zero-order chi connectivity index (χ0) is 29.3. The van der Waals surface area contributed by atoms with E-state index in [-0.39, 0.29) is 25.2 Å². The van der Waals surface area contributed by atoms with Gasteiger partial charge in [0.2, 0.25) is 0 Å². The van der Waals surface area contributed by atoms with E-state index in [1.165, 1.54) is 17.0 Å². The fourth-order valence-corrected chi connectivity index (χ4v) is 5.15. The van der Waals surface area contributed by atoms with Crippen molar-refractivity contribution in [3.63, 3.8) is 0 Å². The quantitative estimate of drug-likeness (QED) is 0.349. The third-order valence-electron chi connectivity index (χ3n) is 7.37. The van der Waals surface area contributed by atoms with E-state index in [0.717, 1.165) is 29.8 Å². The van der Waals surface area contributed by atoms with Crippen LogP contribution in [0, 0.1) is 5.82 Å². The van der Waals surface area contributed by atoms with Crippen LogP contribution < -0.4 is 5.32 Å². The molecule has 0 saturated carbocycles. The third-order valence-corrected chi connectivity index (χ3v) is 7.37. The number of carbonyl (C=O) groups excluding carboxylic acids is 1. The molecule has 214 valence electrons. The van der Waals surface area contributed by atoms with Gasteiger partial charge in [-0.3, -0.25) is 0 Å². The lowest BCUT2D eigenvalue weighted by molar-refractivity contribution is -0.376. The van der Waals surface area contributed by atoms with Gasteiger partial charge in [-0.1, -0.05) is 66.7 Å². The van der Waals surface area contributed by atoms with Gasteiger partial charge in [0, 0.05) is 36.5 Å². The molecule has 2 amide bonds. The van der Waals surface area contributed by atoms with E-state index >= 15 is 0 Å². The fourth-order valence-electron chi connectivity index (χ4n) is 5.15. The highest BCUT2D eigenvalue weighted by Crippen LogP contribution is 2.51. The minimum absolute atomic E-state index is 0.0548. The second kappa shape index (κ2) is 10.7. The van der Waals surface area contributed by atoms with Gasteiger partial charge in [-0.25, -0.2) is 9.18 Å². The summed E-state index contributed by atoms with van der Waals surface area (Å²) in [6.07, 6.45) is -12.1. The van der Waals surface area contributed by atoms with Gasteiger partial charge in [-0.05, 0) is 28.8 Å². The van der Waals surface area contributed by atoms with Gasteiger partial charge in [-0.15, -0.1) is 0 Å². The van der Waals surface area contributed by atoms with Crippen LogP contribution in [0.15, 0.2) is 78.9 Å². The van der Waals surface area contributed by atoms with E-state index in [4.69, 9.17) is 0 Å². The summed E-state index contributed by atoms with van der Waals surface area (Å²) < 4.78 is 93.9. The molecule has 1 saturated heterocycles. The molecule has 12 heteroatoms. The number of benzene rings is 3. The van der Waals surface area contributed by atoms with Gasteiger partial charge >= 0.3 is 18.4 Å². The van der Waals surface area contributed by atoms with E-state index in [1.54, 1.807) is 24.3 Å². The van der Waals surface area contributed by atoms with Crippen molar-refractivity contribution in [1.82, 2.24) is 10.2 Å². The summed E-state index contributed by atoms with van der Waals surface area (Å²) in [5.74, 6) is -1.36. The predicted octanol–water partition coefficient (Wildman–Crippen LogP) is 5.38. The zero-order valence-corrected chi connectivity index (χ0v) is 20.8. The maximum atomic E-state index is 13.7. The van der Waals surface area contributed by atoms with Gasteiger partial charge in [0.25, 0.3) is 5.60 Å². The van der Waals surface area contributed by atoms with Crippen molar-refractivity contribution < 1.29 is 45.7 Å². The Morgan fingerprint density at radius 3 is 2.00 bits per heavy atom. The summed E-state index contributed by atoms with van der Waals surface area (Å²) in [6, 6.07) is 16.7. The minimum Gasteiger partial charge on any atom is -0.395 e. The first-order valence-electron chi connectivity index (χ1n) is 12.1. The predicted molar refractivity (Wildman–Crippen MR) is 131 cm³/mol. The van der Waals surface area contributed by atoms with E-state index in [9.17, 15) is 45.7 Å². The van der Waals surface area contributed by atoms with Gasteiger partial charge in [0.15, 0.2) is 0 Å². The maximum absolute atomic E-state index is 13.7. The largest absolute Gasteiger partial charge is 0.430 e. The summed E-state index contributed by atoms with van der Waals surface area (Å²) in [5, 5.41) is 23.1. The topological polar surface area (TPSA) is 72.8 Å². The highest BCUT2D eigenvalue weighted by atomic mass is 19.4. The number of alkyl halides is 6. The molecule has 1 aliphatic rings. The van der Waals surface area contributed by atoms with Crippen molar-refractivity contribution in [1.29, 1.82) is 0 Å². The summed E-state index contributed by atoms with van der Waals surface area (Å²) >= 11 is 0. The van der Waals surface area contributed by atoms with Gasteiger partial charge in [0.1, 0.15) is 5.82 Å². The number of urea groups is 1. The van der Waals surface area contributed by atoms with Crippen LogP contribution in [-0.4, -0.2) is 53.2 Å². The van der Waals surface area contributed by atoms with Crippen molar-refractivity contribution in [2.75, 3.05) is 19.7 Å². The Hall–Kier alpha value is -3.64. The molecule has 3 aromatic carbocycles. The molecule has 1 aliphatic heterocycles. The number of likely N-dealkylation sites (tertiary alicyclic amines) is 1. The van der Waals surface area contributed by atoms with Crippen LogP contribution in [0.25, 0.3) is 0 Å². The van der Waals surface area contributed by atoms with E-state index < -0.39 is 53.3 Å². The molecule has 0 aromatic heterocycles. The summed E-state index contributed by atoms with van der Waals surface area (Å²) in [6.45, 7) is -0.508. The Bertz CT molecular complexity index is 1300. The summed E-state index contributed by atoms with van der Waals surface area (Å²) in [7, 11) is 0. The third kappa shape index (κ3) is 5.25. The SMILES string of the molecule is O=C(NCc1ccccc1)N1CC(c2ccc(C(O)(C(F)(F)F)C(F)(F)F)cc2)C(CO)(c2ccc(F)cc2)C1. The Kier molecular flexibility index (Phi) is 7.88. The first kappa shape index (κ1) is 29.3. The number of halogens is 7. The summed E-state index contributed by atoms with van der Waals surface area (Å²) in [5.41, 5.74) is -6.33. The van der Waals surface area contributed by atoms with Crippen LogP contribution in [0.4, 0.5) is 35.5 Å². The molecule has 2 unspecified atom stereocenters. The molecule has 1 heterocycles. The Balaban J connectivity index is 1.70. The number of carbonyl (C=O) groups is 1. The van der Waals surface area contributed by atoms with E-state index in [0.29, 0.717) is 17.7 Å². The first-order valence-corrected chi connectivity index (χ1v) is 12.1. The Labute approximate surface area is 224 Å². The number of amides is 2. The molecule has 3 aromatic rings. The molecular weight excluding hydrogens is 545 g/mol. The van der Waals surface area contributed by atoms with Gasteiger partial charge in [0.05, 0.1) is 6.61 Å². The van der Waals surface area contributed by atoms with Crippen LogP contribution in [0.2, 0.25) is 0 Å². The average Bonchev–Trinajstić information content (AvgIpc) is 3.32. The Morgan fingerprint density at radius 1 is 0.900 bits per heavy atom. The van der Waals surface area contributed by atoms with Gasteiger partial charge in [-0.2, -0.15) is 26.3 Å². The zero-order valence-electron chi connectivity index (χ0n) is 20.8. The fraction of sp³-hybridized carbons (Fsp3) is 0.321. The van der Waals surface area contributed by atoms with E-state index in [1.807, 2.05) is 6.07 Å². The van der Waals surface area contributed by atoms with Crippen molar-refractivity contribution in [2.24, 2.45) is 0 Å². The molecule has 5 nitrogen and oxygen atoms in total. The standard InChI is InChI=1S/C28H25F7N2O3/c29-22-12-10-20(11-13-22)25(17-38)16-37(24(39)36-14-18-4-2-1-3-5-18)15-23(25)19-6-8-21(9-7-19)26(40,27(30,31)32)28(33,34)35/h1-13,23,38,40H,14-17H2,(H,36,39). The monoisotopic (exact) mass is 570 g/mol. The maximum Gasteiger partial charge on any atom is 0.430 e. The van der Waals surface area contributed by atoms with Crippen LogP contribution in [0.1, 0.15) is 28.2 Å². The van der Waals surface area contributed by atoms with Crippen LogP contribution in [-0.2, 0) is 17.6 Å². The number of aliphatic hydroxyl groups is 2. The number of nitrogens with zero attached hydrogens (tertiary/aromatic N) is 1. The molecule has 0 spiro atoms.